The van der Waals surface area contributed by atoms with E-state index in [-0.39, 0.29) is 0 Å². The number of esters is 8. The molecule has 2 aliphatic heterocycles. The molecule has 0 aromatic heterocycles. The third-order valence-electron chi connectivity index (χ3n) is 6.15. The summed E-state index contributed by atoms with van der Waals surface area (Å²) in [6.45, 7) is 7.09. The zero-order valence-electron chi connectivity index (χ0n) is 26.9. The van der Waals surface area contributed by atoms with E-state index < -0.39 is 122 Å². The molecule has 47 heavy (non-hydrogen) atoms. The predicted molar refractivity (Wildman–Crippen MR) is 145 cm³/mol. The van der Waals surface area contributed by atoms with Crippen molar-refractivity contribution in [3.8, 4) is 0 Å². The molecule has 2 heterocycles. The largest absolute Gasteiger partial charge is 0.463 e. The Bertz CT molecular complexity index is 1200. The minimum Gasteiger partial charge on any atom is -0.463 e. The number of hydrogen-bond donors (Lipinski definition) is 0. The second-order valence-electron chi connectivity index (χ2n) is 10.3. The highest BCUT2D eigenvalue weighted by atomic mass is 16.8. The van der Waals surface area contributed by atoms with E-state index in [4.69, 9.17) is 52.1 Å². The molecule has 2 rings (SSSR count). The molecule has 2 aliphatic rings. The maximum Gasteiger partial charge on any atom is 0.305 e. The van der Waals surface area contributed by atoms with Gasteiger partial charge in [0, 0.05) is 55.4 Å². The topological polar surface area (TPSA) is 238 Å². The molecule has 264 valence electrons. The maximum absolute atomic E-state index is 12.1. The van der Waals surface area contributed by atoms with Crippen LogP contribution < -0.4 is 0 Å². The van der Waals surface area contributed by atoms with Gasteiger partial charge in [-0.25, -0.2) is 0 Å². The smallest absolute Gasteiger partial charge is 0.305 e. The highest BCUT2D eigenvalue weighted by Crippen LogP contribution is 2.33. The van der Waals surface area contributed by atoms with E-state index in [2.05, 4.69) is 0 Å². The van der Waals surface area contributed by atoms with Crippen molar-refractivity contribution in [3.05, 3.63) is 0 Å². The fraction of sp³-hybridized carbons (Fsp3) is 0.714. The van der Waals surface area contributed by atoms with E-state index in [0.29, 0.717) is 0 Å². The highest BCUT2D eigenvalue weighted by molar-refractivity contribution is 5.70. The van der Waals surface area contributed by atoms with Crippen molar-refractivity contribution in [2.45, 2.75) is 117 Å². The van der Waals surface area contributed by atoms with Crippen LogP contribution in [0.3, 0.4) is 0 Å². The summed E-state index contributed by atoms with van der Waals surface area (Å²) in [7, 11) is 0. The van der Waals surface area contributed by atoms with Crippen LogP contribution in [0, 0.1) is 0 Å². The Morgan fingerprint density at radius 2 is 0.702 bits per heavy atom. The third-order valence-corrected chi connectivity index (χ3v) is 6.15. The van der Waals surface area contributed by atoms with Crippen LogP contribution >= 0.6 is 0 Å². The first-order chi connectivity index (χ1) is 21.9. The molecule has 19 nitrogen and oxygen atoms in total. The molecule has 0 spiro atoms. The lowest BCUT2D eigenvalue weighted by Gasteiger charge is -2.46. The normalized spacial score (nSPS) is 30.0. The Kier molecular flexibility index (Phi) is 14.5. The average Bonchev–Trinajstić information content (AvgIpc) is 2.91. The molecular weight excluding hydrogens is 640 g/mol. The van der Waals surface area contributed by atoms with Crippen molar-refractivity contribution in [1.82, 2.24) is 0 Å². The number of ether oxygens (including phenoxy) is 11. The summed E-state index contributed by atoms with van der Waals surface area (Å²) < 4.78 is 59.8. The van der Waals surface area contributed by atoms with Crippen LogP contribution in [0.15, 0.2) is 0 Å². The zero-order valence-corrected chi connectivity index (χ0v) is 26.9. The van der Waals surface area contributed by atoms with Gasteiger partial charge in [-0.2, -0.15) is 0 Å². The van der Waals surface area contributed by atoms with Crippen molar-refractivity contribution in [3.63, 3.8) is 0 Å². The Morgan fingerprint density at radius 1 is 0.383 bits per heavy atom. The molecule has 19 heteroatoms. The summed E-state index contributed by atoms with van der Waals surface area (Å²) in [5.41, 5.74) is 0. The van der Waals surface area contributed by atoms with Crippen LogP contribution in [0.4, 0.5) is 0 Å². The first-order valence-electron chi connectivity index (χ1n) is 14.2. The molecule has 0 aromatic carbocycles. The molecule has 0 bridgehead atoms. The van der Waals surface area contributed by atoms with E-state index >= 15 is 0 Å². The van der Waals surface area contributed by atoms with Crippen LogP contribution in [0.25, 0.3) is 0 Å². The molecule has 0 radical (unpaired) electrons. The molecule has 2 fully saturated rings. The fourth-order valence-corrected chi connectivity index (χ4v) is 4.76. The van der Waals surface area contributed by atoms with Crippen LogP contribution in [-0.2, 0) is 90.5 Å². The molecule has 2 saturated heterocycles. The Balaban J connectivity index is 2.56. The van der Waals surface area contributed by atoms with E-state index in [1.807, 2.05) is 0 Å². The van der Waals surface area contributed by atoms with E-state index in [1.165, 1.54) is 0 Å². The van der Waals surface area contributed by atoms with Gasteiger partial charge in [-0.1, -0.05) is 0 Å². The van der Waals surface area contributed by atoms with Gasteiger partial charge in [0.1, 0.15) is 18.8 Å². The van der Waals surface area contributed by atoms with Crippen LogP contribution in [0.2, 0.25) is 0 Å². The first-order valence-corrected chi connectivity index (χ1v) is 14.2. The van der Waals surface area contributed by atoms with Crippen LogP contribution in [0.1, 0.15) is 55.4 Å². The van der Waals surface area contributed by atoms with Crippen molar-refractivity contribution >= 4 is 47.8 Å². The lowest BCUT2D eigenvalue weighted by molar-refractivity contribution is -0.331. The molecule has 0 saturated carbocycles. The second-order valence-corrected chi connectivity index (χ2v) is 10.3. The third kappa shape index (κ3) is 12.1. The minimum absolute atomic E-state index is 0.541. The molecule has 1 unspecified atom stereocenters. The molecule has 0 aromatic rings. The van der Waals surface area contributed by atoms with Gasteiger partial charge >= 0.3 is 47.8 Å². The quantitative estimate of drug-likeness (QED) is 0.181. The SMILES string of the molecule is CC(=O)OC[C@H]1O[C@H](OC[C@@H]2OC(OC(C)=O)[C@H](OC(C)=O)[C@H](OC(C)=O)[C@H]2OC(C)=O)[C@@H](OC(C)=O)[C@@H](OC(C)=O)[C@@H]1OC(C)=O. The number of hydrogen-bond acceptors (Lipinski definition) is 19. The van der Waals surface area contributed by atoms with Gasteiger partial charge in [0.2, 0.25) is 12.4 Å². The van der Waals surface area contributed by atoms with E-state index in [1.54, 1.807) is 0 Å². The predicted octanol–water partition coefficient (Wildman–Crippen LogP) is -0.831. The van der Waals surface area contributed by atoms with Gasteiger partial charge in [0.25, 0.3) is 0 Å². The molecular formula is C28H38O19. The Hall–Kier alpha value is -4.36. The molecule has 10 atom stereocenters. The van der Waals surface area contributed by atoms with Crippen LogP contribution in [0.5, 0.6) is 0 Å². The average molecular weight is 679 g/mol. The number of carbonyl (C=O) groups is 8. The maximum atomic E-state index is 12.1. The van der Waals surface area contributed by atoms with Gasteiger partial charge in [-0.15, -0.1) is 0 Å². The summed E-state index contributed by atoms with van der Waals surface area (Å²) in [5.74, 6) is -6.93. The van der Waals surface area contributed by atoms with E-state index in [9.17, 15) is 38.4 Å². The lowest BCUT2D eigenvalue weighted by Crippen LogP contribution is -2.65. The van der Waals surface area contributed by atoms with Gasteiger partial charge in [-0.05, 0) is 0 Å². The van der Waals surface area contributed by atoms with Crippen molar-refractivity contribution < 1.29 is 90.5 Å². The summed E-state index contributed by atoms with van der Waals surface area (Å²) in [5, 5.41) is 0. The minimum atomic E-state index is -1.71. The summed E-state index contributed by atoms with van der Waals surface area (Å²) in [6.07, 6.45) is -15.6. The highest BCUT2D eigenvalue weighted by Gasteiger charge is 2.56. The monoisotopic (exact) mass is 678 g/mol. The lowest BCUT2D eigenvalue weighted by atomic mass is 9.97. The Labute approximate surface area is 268 Å². The van der Waals surface area contributed by atoms with Gasteiger partial charge < -0.3 is 52.1 Å². The van der Waals surface area contributed by atoms with Gasteiger partial charge in [-0.3, -0.25) is 38.4 Å². The standard InChI is InChI=1S/C28H38O19/c1-11(29)37-9-19-21(39-12(2)30)23(41-14(4)32)25(43-16(6)34)27(46-19)38-10-20-22(40-13(3)31)24(42-15(5)33)26(44-17(7)35)28(47-20)45-18(8)36/h19-28H,9-10H2,1-8H3/t19-,20+,21-,22+,23+,24-,25+,26-,27+,28?/m1/s1. The summed E-state index contributed by atoms with van der Waals surface area (Å²) >= 11 is 0. The summed E-state index contributed by atoms with van der Waals surface area (Å²) in [6, 6.07) is 0. The van der Waals surface area contributed by atoms with Crippen LogP contribution in [-0.4, -0.2) is 122 Å². The first kappa shape index (κ1) is 38.8. The number of rotatable bonds is 12. The number of carbonyl (C=O) groups excluding carboxylic acids is 8. The molecule has 0 N–H and O–H groups in total. The second kappa shape index (κ2) is 17.5. The molecule has 0 aliphatic carbocycles. The van der Waals surface area contributed by atoms with Crippen molar-refractivity contribution in [1.29, 1.82) is 0 Å². The van der Waals surface area contributed by atoms with Crippen molar-refractivity contribution in [2.75, 3.05) is 13.2 Å². The molecule has 0 amide bonds. The summed E-state index contributed by atoms with van der Waals surface area (Å²) in [4.78, 5) is 95.9. The van der Waals surface area contributed by atoms with E-state index in [0.717, 1.165) is 55.4 Å². The Morgan fingerprint density at radius 3 is 1.09 bits per heavy atom. The van der Waals surface area contributed by atoms with Gasteiger partial charge in [0.15, 0.2) is 36.8 Å². The fourth-order valence-electron chi connectivity index (χ4n) is 4.76. The van der Waals surface area contributed by atoms with Crippen molar-refractivity contribution in [2.24, 2.45) is 0 Å². The zero-order chi connectivity index (χ0) is 35.6. The van der Waals surface area contributed by atoms with Gasteiger partial charge in [0.05, 0.1) is 6.61 Å².